The fourth-order valence-corrected chi connectivity index (χ4v) is 2.10. The molecule has 0 radical (unpaired) electrons. The first kappa shape index (κ1) is 16.6. The lowest BCUT2D eigenvalue weighted by Gasteiger charge is -2.15. The second kappa shape index (κ2) is 7.95. The molecule has 0 atom stereocenters. The van der Waals surface area contributed by atoms with E-state index >= 15 is 0 Å². The van der Waals surface area contributed by atoms with Gasteiger partial charge in [0.25, 0.3) is 0 Å². The summed E-state index contributed by atoms with van der Waals surface area (Å²) >= 11 is 6.17. The van der Waals surface area contributed by atoms with Gasteiger partial charge in [-0.15, -0.1) is 0 Å². The maximum absolute atomic E-state index is 11.0. The van der Waals surface area contributed by atoms with Crippen molar-refractivity contribution in [2.75, 3.05) is 6.61 Å². The maximum atomic E-state index is 11.0. The molecule has 0 saturated heterocycles. The van der Waals surface area contributed by atoms with E-state index in [1.165, 1.54) is 6.08 Å². The van der Waals surface area contributed by atoms with Crippen LogP contribution in [0.1, 0.15) is 44.2 Å². The van der Waals surface area contributed by atoms with Gasteiger partial charge in [-0.25, -0.2) is 4.79 Å². The Hall–Kier alpha value is -1.48. The number of ether oxygens (including phenoxy) is 1. The van der Waals surface area contributed by atoms with Crippen LogP contribution in [0.5, 0.6) is 5.75 Å². The molecule has 0 saturated carbocycles. The molecule has 0 aliphatic carbocycles. The summed E-state index contributed by atoms with van der Waals surface area (Å²) in [6.07, 6.45) is 3.67. The predicted molar refractivity (Wildman–Crippen MR) is 82.5 cm³/mol. The van der Waals surface area contributed by atoms with Crippen LogP contribution in [0.25, 0.3) is 5.57 Å². The Kier molecular flexibility index (Phi) is 6.59. The quantitative estimate of drug-likeness (QED) is 0.742. The average molecular weight is 297 g/mol. The van der Waals surface area contributed by atoms with Crippen molar-refractivity contribution in [1.82, 2.24) is 0 Å². The normalized spacial score (nSPS) is 11.5. The van der Waals surface area contributed by atoms with Gasteiger partial charge in [0.05, 0.1) is 6.61 Å². The van der Waals surface area contributed by atoms with Crippen LogP contribution in [0.4, 0.5) is 0 Å². The molecule has 0 aromatic heterocycles. The third-order valence-corrected chi connectivity index (χ3v) is 3.29. The fourth-order valence-electron chi connectivity index (χ4n) is 1.94. The Bertz CT molecular complexity index is 507. The molecule has 1 aromatic rings. The van der Waals surface area contributed by atoms with Crippen molar-refractivity contribution in [2.24, 2.45) is 0 Å². The zero-order chi connectivity index (χ0) is 15.1. The Balaban J connectivity index is 3.30. The van der Waals surface area contributed by atoms with Crippen molar-refractivity contribution < 1.29 is 14.6 Å². The van der Waals surface area contributed by atoms with Gasteiger partial charge < -0.3 is 9.84 Å². The van der Waals surface area contributed by atoms with E-state index in [-0.39, 0.29) is 0 Å². The first-order chi connectivity index (χ1) is 9.49. The molecular formula is C16H21ClO3. The summed E-state index contributed by atoms with van der Waals surface area (Å²) in [6, 6.07) is 3.67. The lowest BCUT2D eigenvalue weighted by molar-refractivity contribution is -0.131. The number of aliphatic carboxylic acids is 1. The topological polar surface area (TPSA) is 46.5 Å². The van der Waals surface area contributed by atoms with Crippen LogP contribution in [0.3, 0.4) is 0 Å². The van der Waals surface area contributed by atoms with Gasteiger partial charge in [0.1, 0.15) is 5.75 Å². The molecule has 0 unspecified atom stereocenters. The van der Waals surface area contributed by atoms with Gasteiger partial charge in [-0.3, -0.25) is 0 Å². The second-order valence-corrected chi connectivity index (χ2v) is 5.11. The number of aryl methyl sites for hydroxylation is 1. The minimum absolute atomic E-state index is 0.598. The zero-order valence-corrected chi connectivity index (χ0v) is 13.0. The number of allylic oxidation sites excluding steroid dienone is 1. The smallest absolute Gasteiger partial charge is 0.328 e. The molecule has 4 heteroatoms. The standard InChI is InChI=1S/C16H21ClO3/c1-4-6-12(9-16(18)19)13-10-14(17)11(3)8-15(13)20-7-5-2/h8-10H,4-7H2,1-3H3,(H,18,19)/b12-9+. The minimum Gasteiger partial charge on any atom is -0.493 e. The highest BCUT2D eigenvalue weighted by molar-refractivity contribution is 6.31. The van der Waals surface area contributed by atoms with E-state index in [9.17, 15) is 4.79 Å². The molecule has 0 aliphatic rings. The molecule has 1 rings (SSSR count). The van der Waals surface area contributed by atoms with Gasteiger partial charge in [-0.1, -0.05) is 31.9 Å². The van der Waals surface area contributed by atoms with E-state index in [0.29, 0.717) is 23.8 Å². The largest absolute Gasteiger partial charge is 0.493 e. The molecule has 3 nitrogen and oxygen atoms in total. The SMILES string of the molecule is CCCOc1cc(C)c(Cl)cc1/C(=C/C(=O)O)CCC. The van der Waals surface area contributed by atoms with E-state index in [4.69, 9.17) is 21.4 Å². The number of carbonyl (C=O) groups is 1. The highest BCUT2D eigenvalue weighted by atomic mass is 35.5. The number of hydrogen-bond donors (Lipinski definition) is 1. The zero-order valence-electron chi connectivity index (χ0n) is 12.2. The number of benzene rings is 1. The molecular weight excluding hydrogens is 276 g/mol. The van der Waals surface area contributed by atoms with E-state index in [2.05, 4.69) is 0 Å². The van der Waals surface area contributed by atoms with Gasteiger partial charge in [0, 0.05) is 16.7 Å². The third kappa shape index (κ3) is 4.57. The average Bonchev–Trinajstić information content (AvgIpc) is 2.38. The van der Waals surface area contributed by atoms with Crippen LogP contribution in [0.15, 0.2) is 18.2 Å². The first-order valence-electron chi connectivity index (χ1n) is 6.86. The second-order valence-electron chi connectivity index (χ2n) is 4.70. The van der Waals surface area contributed by atoms with Gasteiger partial charge in [0.2, 0.25) is 0 Å². The Morgan fingerprint density at radius 1 is 1.35 bits per heavy atom. The van der Waals surface area contributed by atoms with Crippen molar-refractivity contribution in [1.29, 1.82) is 0 Å². The van der Waals surface area contributed by atoms with Crippen molar-refractivity contribution in [3.63, 3.8) is 0 Å². The number of halogens is 1. The lowest BCUT2D eigenvalue weighted by atomic mass is 9.98. The minimum atomic E-state index is -0.952. The molecule has 1 N–H and O–H groups in total. The molecule has 0 spiro atoms. The van der Waals surface area contributed by atoms with E-state index in [0.717, 1.165) is 29.5 Å². The van der Waals surface area contributed by atoms with Gasteiger partial charge >= 0.3 is 5.97 Å². The van der Waals surface area contributed by atoms with Crippen molar-refractivity contribution in [3.8, 4) is 5.75 Å². The van der Waals surface area contributed by atoms with Crippen LogP contribution < -0.4 is 4.74 Å². The summed E-state index contributed by atoms with van der Waals surface area (Å²) in [6.45, 7) is 6.55. The number of carboxylic acids is 1. The Morgan fingerprint density at radius 3 is 2.60 bits per heavy atom. The van der Waals surface area contributed by atoms with E-state index < -0.39 is 5.97 Å². The number of rotatable bonds is 7. The van der Waals surface area contributed by atoms with Gasteiger partial charge in [-0.05, 0) is 43.0 Å². The van der Waals surface area contributed by atoms with E-state index in [1.807, 2.05) is 26.8 Å². The molecule has 20 heavy (non-hydrogen) atoms. The summed E-state index contributed by atoms with van der Waals surface area (Å²) in [4.78, 5) is 11.0. The third-order valence-electron chi connectivity index (χ3n) is 2.89. The Labute approximate surface area is 125 Å². The summed E-state index contributed by atoms with van der Waals surface area (Å²) in [7, 11) is 0. The lowest BCUT2D eigenvalue weighted by Crippen LogP contribution is -2.01. The number of carboxylic acid groups (broad SMARTS) is 1. The monoisotopic (exact) mass is 296 g/mol. The molecule has 0 heterocycles. The Morgan fingerprint density at radius 2 is 2.05 bits per heavy atom. The predicted octanol–water partition coefficient (Wildman–Crippen LogP) is 4.71. The van der Waals surface area contributed by atoms with Crippen LogP contribution in [-0.2, 0) is 4.79 Å². The summed E-state index contributed by atoms with van der Waals surface area (Å²) in [5, 5.41) is 9.63. The summed E-state index contributed by atoms with van der Waals surface area (Å²) in [5.74, 6) is -0.249. The van der Waals surface area contributed by atoms with Crippen LogP contribution in [0, 0.1) is 6.92 Å². The molecule has 1 aromatic carbocycles. The molecule has 0 aliphatic heterocycles. The maximum Gasteiger partial charge on any atom is 0.328 e. The molecule has 0 bridgehead atoms. The van der Waals surface area contributed by atoms with Crippen molar-refractivity contribution in [2.45, 2.75) is 40.0 Å². The fraction of sp³-hybridized carbons (Fsp3) is 0.438. The highest BCUT2D eigenvalue weighted by Crippen LogP contribution is 2.34. The first-order valence-corrected chi connectivity index (χ1v) is 7.24. The van der Waals surface area contributed by atoms with Crippen LogP contribution in [0.2, 0.25) is 5.02 Å². The van der Waals surface area contributed by atoms with Gasteiger partial charge in [0.15, 0.2) is 0 Å². The van der Waals surface area contributed by atoms with Gasteiger partial charge in [-0.2, -0.15) is 0 Å². The molecule has 0 fully saturated rings. The van der Waals surface area contributed by atoms with Crippen LogP contribution >= 0.6 is 11.6 Å². The van der Waals surface area contributed by atoms with Crippen molar-refractivity contribution in [3.05, 3.63) is 34.4 Å². The summed E-state index contributed by atoms with van der Waals surface area (Å²) < 4.78 is 5.74. The van der Waals surface area contributed by atoms with Crippen molar-refractivity contribution >= 4 is 23.1 Å². The molecule has 0 amide bonds. The van der Waals surface area contributed by atoms with E-state index in [1.54, 1.807) is 6.07 Å². The highest BCUT2D eigenvalue weighted by Gasteiger charge is 2.13. The molecule has 110 valence electrons. The van der Waals surface area contributed by atoms with Crippen LogP contribution in [-0.4, -0.2) is 17.7 Å². The summed E-state index contributed by atoms with van der Waals surface area (Å²) in [5.41, 5.74) is 2.44. The number of hydrogen-bond acceptors (Lipinski definition) is 2.